The third-order valence-corrected chi connectivity index (χ3v) is 8.76. The zero-order valence-corrected chi connectivity index (χ0v) is 27.1. The number of rotatable bonds is 15. The van der Waals surface area contributed by atoms with E-state index in [0.29, 0.717) is 33.8 Å². The van der Waals surface area contributed by atoms with Gasteiger partial charge in [-0.2, -0.15) is 0 Å². The van der Waals surface area contributed by atoms with Gasteiger partial charge in [0.25, 0.3) is 23.6 Å². The monoisotopic (exact) mass is 618 g/mol. The zero-order chi connectivity index (χ0) is 31.4. The van der Waals surface area contributed by atoms with Crippen LogP contribution in [0.15, 0.2) is 58.3 Å². The van der Waals surface area contributed by atoms with Gasteiger partial charge in [0, 0.05) is 23.9 Å². The number of nitrogens with zero attached hydrogens (tertiary/aromatic N) is 2. The minimum absolute atomic E-state index is 0.164. The fourth-order valence-corrected chi connectivity index (χ4v) is 6.38. The number of nitrogens with one attached hydrogen (secondary N) is 2. The summed E-state index contributed by atoms with van der Waals surface area (Å²) in [6.07, 6.45) is 0.899. The highest BCUT2D eigenvalue weighted by Gasteiger charge is 2.28. The summed E-state index contributed by atoms with van der Waals surface area (Å²) in [5.74, 6) is -1.12. The first-order valence-electron chi connectivity index (χ1n) is 13.7. The number of hydrogen-bond donors (Lipinski definition) is 2. The van der Waals surface area contributed by atoms with Crippen molar-refractivity contribution in [2.75, 3.05) is 28.3 Å². The summed E-state index contributed by atoms with van der Waals surface area (Å²) in [6.45, 7) is 7.90. The standard InChI is InChI=1S/C30H42N4O6S2/c1-19(2)17-23(29(37)33(5)39-7)31-27(35)21-13-9-11-15-25(21)41-42-26-16-12-10-14-22(26)28(36)32-24(18-20(3)4)30(38)34(6)40-8/h9-16,19-20,23-24H,17-18H2,1-8H3,(H,31,35)(H,32,36)/t23-,24-/m0/s1. The van der Waals surface area contributed by atoms with E-state index in [-0.39, 0.29) is 35.5 Å². The van der Waals surface area contributed by atoms with Crippen molar-refractivity contribution in [1.29, 1.82) is 0 Å². The lowest BCUT2D eigenvalue weighted by Gasteiger charge is -2.24. The van der Waals surface area contributed by atoms with Crippen molar-refractivity contribution in [3.05, 3.63) is 59.7 Å². The van der Waals surface area contributed by atoms with Crippen molar-refractivity contribution < 1.29 is 28.9 Å². The summed E-state index contributed by atoms with van der Waals surface area (Å²) < 4.78 is 0. The molecule has 10 nitrogen and oxygen atoms in total. The molecule has 0 aromatic heterocycles. The highest BCUT2D eigenvalue weighted by Crippen LogP contribution is 2.40. The molecule has 0 bridgehead atoms. The molecule has 2 aromatic rings. The topological polar surface area (TPSA) is 117 Å². The van der Waals surface area contributed by atoms with Crippen LogP contribution in [0.5, 0.6) is 0 Å². The predicted molar refractivity (Wildman–Crippen MR) is 166 cm³/mol. The van der Waals surface area contributed by atoms with E-state index in [1.807, 2.05) is 52.0 Å². The van der Waals surface area contributed by atoms with Gasteiger partial charge < -0.3 is 10.6 Å². The Morgan fingerprint density at radius 3 is 1.31 bits per heavy atom. The van der Waals surface area contributed by atoms with Crippen LogP contribution in [0.4, 0.5) is 0 Å². The van der Waals surface area contributed by atoms with Gasteiger partial charge in [0.2, 0.25) is 0 Å². The van der Waals surface area contributed by atoms with Crippen molar-refractivity contribution >= 4 is 45.2 Å². The lowest BCUT2D eigenvalue weighted by molar-refractivity contribution is -0.171. The van der Waals surface area contributed by atoms with Crippen LogP contribution in [-0.2, 0) is 19.3 Å². The Morgan fingerprint density at radius 2 is 1.00 bits per heavy atom. The lowest BCUT2D eigenvalue weighted by Crippen LogP contribution is -2.47. The molecule has 0 fully saturated rings. The van der Waals surface area contributed by atoms with Gasteiger partial charge in [0.05, 0.1) is 25.3 Å². The highest BCUT2D eigenvalue weighted by molar-refractivity contribution is 8.76. The molecule has 2 rings (SSSR count). The van der Waals surface area contributed by atoms with E-state index < -0.39 is 12.1 Å². The molecule has 42 heavy (non-hydrogen) atoms. The first kappa shape index (κ1) is 35.1. The molecule has 0 spiro atoms. The molecule has 2 aromatic carbocycles. The molecule has 0 aliphatic heterocycles. The molecule has 0 unspecified atom stereocenters. The molecule has 0 saturated carbocycles. The van der Waals surface area contributed by atoms with Crippen LogP contribution in [0.25, 0.3) is 0 Å². The Kier molecular flexibility index (Phi) is 14.3. The van der Waals surface area contributed by atoms with Crippen LogP contribution in [0.3, 0.4) is 0 Å². The van der Waals surface area contributed by atoms with Gasteiger partial charge in [-0.25, -0.2) is 10.1 Å². The van der Waals surface area contributed by atoms with Crippen LogP contribution >= 0.6 is 21.6 Å². The molecule has 0 saturated heterocycles. The van der Waals surface area contributed by atoms with Gasteiger partial charge in [-0.3, -0.25) is 28.9 Å². The minimum atomic E-state index is -0.753. The predicted octanol–water partition coefficient (Wildman–Crippen LogP) is 4.81. The van der Waals surface area contributed by atoms with E-state index in [9.17, 15) is 19.2 Å². The Bertz CT molecular complexity index is 1130. The Labute approximate surface area is 256 Å². The summed E-state index contributed by atoms with van der Waals surface area (Å²) in [7, 11) is 8.46. The second kappa shape index (κ2) is 17.2. The van der Waals surface area contributed by atoms with Gasteiger partial charge in [-0.1, -0.05) is 73.5 Å². The molecule has 12 heteroatoms. The number of benzene rings is 2. The van der Waals surface area contributed by atoms with E-state index >= 15 is 0 Å². The normalized spacial score (nSPS) is 12.5. The van der Waals surface area contributed by atoms with Crippen molar-refractivity contribution in [1.82, 2.24) is 20.8 Å². The van der Waals surface area contributed by atoms with Gasteiger partial charge in [0.15, 0.2) is 0 Å². The maximum atomic E-state index is 13.4. The Balaban J connectivity index is 2.24. The number of hydrogen-bond acceptors (Lipinski definition) is 8. The largest absolute Gasteiger partial charge is 0.340 e. The molecular formula is C30H42N4O6S2. The number of amides is 4. The summed E-state index contributed by atoms with van der Waals surface area (Å²) in [5.41, 5.74) is 0.813. The molecule has 0 radical (unpaired) electrons. The van der Waals surface area contributed by atoms with E-state index in [2.05, 4.69) is 10.6 Å². The number of carbonyl (C=O) groups is 4. The van der Waals surface area contributed by atoms with Crippen molar-refractivity contribution in [2.24, 2.45) is 11.8 Å². The maximum absolute atomic E-state index is 13.4. The Hall–Kier alpha value is -3.06. The third-order valence-electron chi connectivity index (χ3n) is 6.27. The number of hydroxylamine groups is 4. The molecule has 2 atom stereocenters. The maximum Gasteiger partial charge on any atom is 0.268 e. The number of likely N-dealkylation sites (N-methyl/N-ethyl adjacent to an activating group) is 2. The van der Waals surface area contributed by atoms with Gasteiger partial charge in [-0.15, -0.1) is 0 Å². The van der Waals surface area contributed by atoms with Crippen LogP contribution in [0, 0.1) is 11.8 Å². The summed E-state index contributed by atoms with van der Waals surface area (Å²) >= 11 is 0. The molecule has 0 aliphatic rings. The van der Waals surface area contributed by atoms with E-state index in [1.165, 1.54) is 49.9 Å². The van der Waals surface area contributed by atoms with E-state index in [0.717, 1.165) is 10.1 Å². The average Bonchev–Trinajstić information content (AvgIpc) is 2.97. The van der Waals surface area contributed by atoms with Crippen LogP contribution in [0.1, 0.15) is 61.3 Å². The summed E-state index contributed by atoms with van der Waals surface area (Å²) in [6, 6.07) is 12.7. The fraction of sp³-hybridized carbons (Fsp3) is 0.467. The lowest BCUT2D eigenvalue weighted by atomic mass is 10.0. The van der Waals surface area contributed by atoms with Crippen LogP contribution < -0.4 is 10.6 Å². The third kappa shape index (κ3) is 10.3. The minimum Gasteiger partial charge on any atom is -0.340 e. The van der Waals surface area contributed by atoms with E-state index in [4.69, 9.17) is 9.68 Å². The van der Waals surface area contributed by atoms with Crippen molar-refractivity contribution in [3.63, 3.8) is 0 Å². The number of carbonyl (C=O) groups excluding carboxylic acids is 4. The second-order valence-corrected chi connectivity index (χ2v) is 12.7. The fourth-order valence-electron chi connectivity index (χ4n) is 4.02. The van der Waals surface area contributed by atoms with Crippen molar-refractivity contribution in [2.45, 2.75) is 62.4 Å². The molecule has 4 amide bonds. The van der Waals surface area contributed by atoms with Crippen molar-refractivity contribution in [3.8, 4) is 0 Å². The zero-order valence-electron chi connectivity index (χ0n) is 25.5. The molecule has 0 heterocycles. The molecule has 230 valence electrons. The smallest absolute Gasteiger partial charge is 0.268 e. The first-order valence-corrected chi connectivity index (χ1v) is 15.8. The Morgan fingerprint density at radius 1 is 0.667 bits per heavy atom. The summed E-state index contributed by atoms with van der Waals surface area (Å²) in [5, 5.41) is 7.95. The van der Waals surface area contributed by atoms with Gasteiger partial charge >= 0.3 is 0 Å². The molecular weight excluding hydrogens is 576 g/mol. The summed E-state index contributed by atoms with van der Waals surface area (Å²) in [4.78, 5) is 63.8. The van der Waals surface area contributed by atoms with E-state index in [1.54, 1.807) is 24.3 Å². The van der Waals surface area contributed by atoms with Crippen LogP contribution in [0.2, 0.25) is 0 Å². The van der Waals surface area contributed by atoms with Crippen LogP contribution in [-0.4, -0.2) is 74.2 Å². The second-order valence-electron chi connectivity index (χ2n) is 10.5. The molecule has 0 aliphatic carbocycles. The van der Waals surface area contributed by atoms with Gasteiger partial charge in [0.1, 0.15) is 12.1 Å². The quantitative estimate of drug-likeness (QED) is 0.216. The van der Waals surface area contributed by atoms with Gasteiger partial charge in [-0.05, 0) is 48.9 Å². The SMILES string of the molecule is CON(C)C(=O)[C@H](CC(C)C)NC(=O)c1ccccc1SSc1ccccc1C(=O)N[C@@H](CC(C)C)C(=O)N(C)OC. The molecule has 2 N–H and O–H groups in total. The first-order chi connectivity index (χ1) is 19.9. The highest BCUT2D eigenvalue weighted by atomic mass is 33.1. The average molecular weight is 619 g/mol.